The van der Waals surface area contributed by atoms with E-state index in [0.717, 1.165) is 11.1 Å². The highest BCUT2D eigenvalue weighted by Crippen LogP contribution is 2.30. The van der Waals surface area contributed by atoms with E-state index in [1.165, 1.54) is 0 Å². The van der Waals surface area contributed by atoms with Crippen molar-refractivity contribution in [2.75, 3.05) is 6.61 Å². The van der Waals surface area contributed by atoms with Gasteiger partial charge in [0.25, 0.3) is 11.8 Å². The number of primary amides is 1. The molecule has 0 aliphatic rings. The van der Waals surface area contributed by atoms with Gasteiger partial charge in [-0.2, -0.15) is 4.98 Å². The molecule has 1 amide bonds. The Morgan fingerprint density at radius 2 is 2.04 bits per heavy atom. The van der Waals surface area contributed by atoms with E-state index in [4.69, 9.17) is 15.0 Å². The number of benzene rings is 2. The minimum Gasteiger partial charge on any atom is -0.483 e. The average Bonchev–Trinajstić information content (AvgIpc) is 3.03. The summed E-state index contributed by atoms with van der Waals surface area (Å²) < 4.78 is 10.7. The second-order valence-electron chi connectivity index (χ2n) is 5.04. The quantitative estimate of drug-likeness (QED) is 0.782. The molecular formula is C17H15N3O3. The van der Waals surface area contributed by atoms with Crippen molar-refractivity contribution in [1.82, 2.24) is 10.1 Å². The maximum atomic E-state index is 10.9. The third-order valence-electron chi connectivity index (χ3n) is 3.19. The maximum Gasteiger partial charge on any atom is 0.262 e. The number of nitrogens with zero attached hydrogens (tertiary/aromatic N) is 2. The van der Waals surface area contributed by atoms with E-state index in [0.29, 0.717) is 23.0 Å². The number of carbonyl (C=O) groups excluding carboxylic acids is 1. The van der Waals surface area contributed by atoms with Crippen LogP contribution in [-0.2, 0) is 4.79 Å². The number of nitrogens with two attached hydrogens (primary N) is 1. The monoisotopic (exact) mass is 309 g/mol. The molecule has 0 aliphatic heterocycles. The molecule has 116 valence electrons. The van der Waals surface area contributed by atoms with Crippen LogP contribution < -0.4 is 10.5 Å². The van der Waals surface area contributed by atoms with Crippen molar-refractivity contribution in [2.45, 2.75) is 6.92 Å². The largest absolute Gasteiger partial charge is 0.483 e. The van der Waals surface area contributed by atoms with E-state index in [1.54, 1.807) is 18.2 Å². The summed E-state index contributed by atoms with van der Waals surface area (Å²) in [5.41, 5.74) is 7.70. The minimum atomic E-state index is -0.550. The zero-order chi connectivity index (χ0) is 16.2. The van der Waals surface area contributed by atoms with Gasteiger partial charge in [0.05, 0.1) is 5.56 Å². The molecule has 23 heavy (non-hydrogen) atoms. The SMILES string of the molecule is Cc1cccc(-c2noc(-c3ccccc3OCC(N)=O)n2)c1. The highest BCUT2D eigenvalue weighted by atomic mass is 16.5. The molecule has 6 nitrogen and oxygen atoms in total. The Morgan fingerprint density at radius 3 is 2.83 bits per heavy atom. The average molecular weight is 309 g/mol. The van der Waals surface area contributed by atoms with E-state index in [2.05, 4.69) is 10.1 Å². The molecule has 0 aliphatic carbocycles. The van der Waals surface area contributed by atoms with Gasteiger partial charge < -0.3 is 15.0 Å². The molecular weight excluding hydrogens is 294 g/mol. The third kappa shape index (κ3) is 3.37. The van der Waals surface area contributed by atoms with Crippen molar-refractivity contribution in [3.8, 4) is 28.6 Å². The van der Waals surface area contributed by atoms with Gasteiger partial charge >= 0.3 is 0 Å². The van der Waals surface area contributed by atoms with Crippen LogP contribution in [0.4, 0.5) is 0 Å². The van der Waals surface area contributed by atoms with Crippen LogP contribution in [-0.4, -0.2) is 22.7 Å². The first-order chi connectivity index (χ1) is 11.1. The zero-order valence-corrected chi connectivity index (χ0v) is 12.5. The third-order valence-corrected chi connectivity index (χ3v) is 3.19. The highest BCUT2D eigenvalue weighted by molar-refractivity contribution is 5.76. The van der Waals surface area contributed by atoms with Crippen LogP contribution >= 0.6 is 0 Å². The second kappa shape index (κ2) is 6.31. The Balaban J connectivity index is 1.93. The maximum absolute atomic E-state index is 10.9. The molecule has 6 heteroatoms. The van der Waals surface area contributed by atoms with Crippen molar-refractivity contribution in [2.24, 2.45) is 5.73 Å². The summed E-state index contributed by atoms with van der Waals surface area (Å²) in [6, 6.07) is 14.9. The number of carbonyl (C=O) groups is 1. The zero-order valence-electron chi connectivity index (χ0n) is 12.5. The molecule has 1 heterocycles. The molecule has 0 unspecified atom stereocenters. The minimum absolute atomic E-state index is 0.212. The summed E-state index contributed by atoms with van der Waals surface area (Å²) in [4.78, 5) is 15.3. The molecule has 2 N–H and O–H groups in total. The Hall–Kier alpha value is -3.15. The van der Waals surface area contributed by atoms with Crippen LogP contribution in [0.5, 0.6) is 5.75 Å². The predicted octanol–water partition coefficient (Wildman–Crippen LogP) is 2.58. The molecule has 0 radical (unpaired) electrons. The highest BCUT2D eigenvalue weighted by Gasteiger charge is 2.15. The summed E-state index contributed by atoms with van der Waals surface area (Å²) in [6.45, 7) is 1.79. The Labute approximate surface area is 132 Å². The standard InChI is InChI=1S/C17H15N3O3/c1-11-5-4-6-12(9-11)16-19-17(23-20-16)13-7-2-3-8-14(13)22-10-15(18)21/h2-9H,10H2,1H3,(H2,18,21). The number of aryl methyl sites for hydroxylation is 1. The predicted molar refractivity (Wildman–Crippen MR) is 84.6 cm³/mol. The van der Waals surface area contributed by atoms with Crippen LogP contribution in [0.2, 0.25) is 0 Å². The fraction of sp³-hybridized carbons (Fsp3) is 0.118. The van der Waals surface area contributed by atoms with Gasteiger partial charge in [-0.05, 0) is 25.1 Å². The molecule has 1 aromatic heterocycles. The summed E-state index contributed by atoms with van der Waals surface area (Å²) >= 11 is 0. The van der Waals surface area contributed by atoms with Crippen LogP contribution in [0.1, 0.15) is 5.56 Å². The number of hydrogen-bond donors (Lipinski definition) is 1. The summed E-state index contributed by atoms with van der Waals surface area (Å²) in [6.07, 6.45) is 0. The van der Waals surface area contributed by atoms with E-state index < -0.39 is 5.91 Å². The lowest BCUT2D eigenvalue weighted by Crippen LogP contribution is -2.20. The first kappa shape index (κ1) is 14.8. The number of rotatable bonds is 5. The lowest BCUT2D eigenvalue weighted by molar-refractivity contribution is -0.119. The molecule has 0 saturated carbocycles. The van der Waals surface area contributed by atoms with E-state index in [9.17, 15) is 4.79 Å². The van der Waals surface area contributed by atoms with Crippen molar-refractivity contribution >= 4 is 5.91 Å². The number of aromatic nitrogens is 2. The Morgan fingerprint density at radius 1 is 1.22 bits per heavy atom. The van der Waals surface area contributed by atoms with Gasteiger partial charge in [-0.25, -0.2) is 0 Å². The van der Waals surface area contributed by atoms with Gasteiger partial charge in [-0.15, -0.1) is 0 Å². The van der Waals surface area contributed by atoms with Crippen LogP contribution in [0, 0.1) is 6.92 Å². The molecule has 3 aromatic rings. The fourth-order valence-corrected chi connectivity index (χ4v) is 2.15. The van der Waals surface area contributed by atoms with Gasteiger partial charge in [-0.1, -0.05) is 41.1 Å². The van der Waals surface area contributed by atoms with Crippen LogP contribution in [0.15, 0.2) is 53.1 Å². The molecule has 3 rings (SSSR count). The van der Waals surface area contributed by atoms with Crippen molar-refractivity contribution in [1.29, 1.82) is 0 Å². The molecule has 0 spiro atoms. The van der Waals surface area contributed by atoms with Gasteiger partial charge in [0.2, 0.25) is 5.82 Å². The molecule has 2 aromatic carbocycles. The van der Waals surface area contributed by atoms with Crippen LogP contribution in [0.3, 0.4) is 0 Å². The Bertz CT molecular complexity index is 842. The van der Waals surface area contributed by atoms with Gasteiger partial charge in [0.1, 0.15) is 5.75 Å². The molecule has 0 saturated heterocycles. The topological polar surface area (TPSA) is 91.2 Å². The van der Waals surface area contributed by atoms with Crippen molar-refractivity contribution in [3.05, 3.63) is 54.1 Å². The van der Waals surface area contributed by atoms with Gasteiger partial charge in [0.15, 0.2) is 6.61 Å². The second-order valence-corrected chi connectivity index (χ2v) is 5.04. The van der Waals surface area contributed by atoms with E-state index in [1.807, 2.05) is 37.3 Å². The fourth-order valence-electron chi connectivity index (χ4n) is 2.15. The van der Waals surface area contributed by atoms with Crippen molar-refractivity contribution in [3.63, 3.8) is 0 Å². The Kier molecular flexibility index (Phi) is 4.05. The van der Waals surface area contributed by atoms with Crippen molar-refractivity contribution < 1.29 is 14.1 Å². The van der Waals surface area contributed by atoms with Gasteiger partial charge in [0, 0.05) is 5.56 Å². The lowest BCUT2D eigenvalue weighted by atomic mass is 10.1. The lowest BCUT2D eigenvalue weighted by Gasteiger charge is -2.06. The number of hydrogen-bond acceptors (Lipinski definition) is 5. The summed E-state index contributed by atoms with van der Waals surface area (Å²) in [5, 5.41) is 4.01. The first-order valence-corrected chi connectivity index (χ1v) is 7.05. The molecule has 0 bridgehead atoms. The smallest absolute Gasteiger partial charge is 0.262 e. The first-order valence-electron chi connectivity index (χ1n) is 7.05. The normalized spacial score (nSPS) is 10.5. The summed E-state index contributed by atoms with van der Waals surface area (Å²) in [7, 11) is 0. The molecule has 0 fully saturated rings. The number of amides is 1. The van der Waals surface area contributed by atoms with E-state index in [-0.39, 0.29) is 6.61 Å². The van der Waals surface area contributed by atoms with Gasteiger partial charge in [-0.3, -0.25) is 4.79 Å². The molecule has 0 atom stereocenters. The van der Waals surface area contributed by atoms with Crippen LogP contribution in [0.25, 0.3) is 22.8 Å². The number of ether oxygens (including phenoxy) is 1. The summed E-state index contributed by atoms with van der Waals surface area (Å²) in [5.74, 6) is 0.728. The van der Waals surface area contributed by atoms with E-state index >= 15 is 0 Å². The number of para-hydroxylation sites is 1.